The number of benzene rings is 1. The van der Waals surface area contributed by atoms with Gasteiger partial charge in [0.15, 0.2) is 0 Å². The summed E-state index contributed by atoms with van der Waals surface area (Å²) in [4.78, 5) is 19.7. The smallest absolute Gasteiger partial charge is 0.293 e. The Balaban J connectivity index is 1.94. The first-order valence-electron chi connectivity index (χ1n) is 5.77. The molecule has 0 fully saturated rings. The molecule has 0 saturated carbocycles. The zero-order chi connectivity index (χ0) is 14.8. The van der Waals surface area contributed by atoms with Crippen molar-refractivity contribution in [3.63, 3.8) is 0 Å². The number of carbonyl (C=O) groups is 1. The van der Waals surface area contributed by atoms with Gasteiger partial charge in [0.05, 0.1) is 11.4 Å². The van der Waals surface area contributed by atoms with Crippen LogP contribution in [0.1, 0.15) is 10.6 Å². The van der Waals surface area contributed by atoms with Gasteiger partial charge in [-0.1, -0.05) is 11.6 Å². The molecular weight excluding hydrogens is 296 g/mol. The van der Waals surface area contributed by atoms with Gasteiger partial charge in [-0.15, -0.1) is 5.10 Å². The maximum atomic E-state index is 12.1. The van der Waals surface area contributed by atoms with Crippen LogP contribution in [0.25, 0.3) is 5.69 Å². The number of amides is 1. The normalized spacial score (nSPS) is 10.5. The molecule has 1 aromatic carbocycles. The summed E-state index contributed by atoms with van der Waals surface area (Å²) < 4.78 is 1.50. The lowest BCUT2D eigenvalue weighted by Crippen LogP contribution is -2.15. The summed E-state index contributed by atoms with van der Waals surface area (Å²) in [5.74, 6) is -0.511. The zero-order valence-corrected chi connectivity index (χ0v) is 11.2. The Morgan fingerprint density at radius 1 is 1.43 bits per heavy atom. The predicted molar refractivity (Wildman–Crippen MR) is 75.1 cm³/mol. The van der Waals surface area contributed by atoms with Gasteiger partial charge in [-0.25, -0.2) is 9.67 Å². The van der Waals surface area contributed by atoms with Gasteiger partial charge in [0.1, 0.15) is 12.7 Å². The van der Waals surface area contributed by atoms with E-state index in [-0.39, 0.29) is 11.8 Å². The summed E-state index contributed by atoms with van der Waals surface area (Å²) in [5, 5.41) is 13.2. The van der Waals surface area contributed by atoms with Gasteiger partial charge >= 0.3 is 0 Å². The third-order valence-corrected chi connectivity index (χ3v) is 2.83. The van der Waals surface area contributed by atoms with Gasteiger partial charge in [0.2, 0.25) is 11.8 Å². The highest BCUT2D eigenvalue weighted by Gasteiger charge is 2.14. The number of nitrogens with zero attached hydrogens (tertiary/aromatic N) is 5. The van der Waals surface area contributed by atoms with E-state index in [1.165, 1.54) is 17.3 Å². The number of aromatic nitrogens is 6. The second kappa shape index (κ2) is 5.21. The van der Waals surface area contributed by atoms with Crippen molar-refractivity contribution in [3.8, 4) is 5.69 Å². The molecule has 10 heteroatoms. The van der Waals surface area contributed by atoms with Crippen molar-refractivity contribution in [2.75, 3.05) is 11.1 Å². The van der Waals surface area contributed by atoms with Crippen LogP contribution in [-0.2, 0) is 0 Å². The van der Waals surface area contributed by atoms with Crippen LogP contribution in [0.15, 0.2) is 30.9 Å². The van der Waals surface area contributed by atoms with E-state index in [1.54, 1.807) is 18.2 Å². The third-order valence-electron chi connectivity index (χ3n) is 2.59. The molecule has 0 spiro atoms. The third kappa shape index (κ3) is 2.67. The van der Waals surface area contributed by atoms with E-state index < -0.39 is 5.91 Å². The Morgan fingerprint density at radius 3 is 2.95 bits per heavy atom. The van der Waals surface area contributed by atoms with Gasteiger partial charge < -0.3 is 11.1 Å². The first-order valence-corrected chi connectivity index (χ1v) is 6.15. The summed E-state index contributed by atoms with van der Waals surface area (Å²) >= 11 is 5.96. The molecule has 4 N–H and O–H groups in total. The molecule has 0 aliphatic rings. The minimum Gasteiger partial charge on any atom is -0.366 e. The minimum atomic E-state index is -0.497. The lowest BCUT2D eigenvalue weighted by Gasteiger charge is -2.10. The topological polar surface area (TPSA) is 127 Å². The fourth-order valence-electron chi connectivity index (χ4n) is 1.70. The molecule has 0 atom stereocenters. The highest BCUT2D eigenvalue weighted by Crippen LogP contribution is 2.24. The number of hydrogen-bond donors (Lipinski definition) is 3. The van der Waals surface area contributed by atoms with Gasteiger partial charge in [0, 0.05) is 5.02 Å². The largest absolute Gasteiger partial charge is 0.366 e. The van der Waals surface area contributed by atoms with E-state index in [0.29, 0.717) is 16.4 Å². The first-order chi connectivity index (χ1) is 10.1. The molecule has 0 saturated heterocycles. The van der Waals surface area contributed by atoms with Crippen molar-refractivity contribution in [2.24, 2.45) is 0 Å². The molecule has 2 aromatic heterocycles. The molecule has 0 unspecified atom stereocenters. The number of rotatable bonds is 3. The van der Waals surface area contributed by atoms with Crippen LogP contribution in [0.3, 0.4) is 0 Å². The molecule has 9 nitrogen and oxygen atoms in total. The van der Waals surface area contributed by atoms with Gasteiger partial charge in [-0.05, 0) is 18.2 Å². The molecule has 106 valence electrons. The van der Waals surface area contributed by atoms with E-state index in [1.807, 2.05) is 0 Å². The summed E-state index contributed by atoms with van der Waals surface area (Å²) in [6.07, 6.45) is 2.89. The summed E-state index contributed by atoms with van der Waals surface area (Å²) in [5.41, 5.74) is 6.42. The highest BCUT2D eigenvalue weighted by molar-refractivity contribution is 6.31. The van der Waals surface area contributed by atoms with E-state index in [0.717, 1.165) is 0 Å². The highest BCUT2D eigenvalue weighted by atomic mass is 35.5. The number of anilines is 2. The van der Waals surface area contributed by atoms with Crippen LogP contribution in [0.2, 0.25) is 5.02 Å². The average molecular weight is 305 g/mol. The number of hydrogen-bond acceptors (Lipinski definition) is 6. The molecule has 0 aliphatic carbocycles. The second-order valence-corrected chi connectivity index (χ2v) is 4.43. The van der Waals surface area contributed by atoms with Crippen molar-refractivity contribution in [1.82, 2.24) is 29.9 Å². The first kappa shape index (κ1) is 13.1. The molecule has 3 aromatic rings. The number of carbonyl (C=O) groups excluding carboxylic acids is 1. The van der Waals surface area contributed by atoms with Crippen molar-refractivity contribution >= 4 is 29.1 Å². The number of halogens is 1. The number of H-pyrrole nitrogens is 1. The van der Waals surface area contributed by atoms with Crippen LogP contribution < -0.4 is 11.1 Å². The molecule has 0 bridgehead atoms. The Labute approximate surface area is 123 Å². The van der Waals surface area contributed by atoms with Crippen LogP contribution >= 0.6 is 11.6 Å². The average Bonchev–Trinajstić information content (AvgIpc) is 3.10. The molecule has 1 amide bonds. The fraction of sp³-hybridized carbons (Fsp3) is 0. The number of aromatic amines is 1. The molecule has 0 radical (unpaired) electrons. The quantitative estimate of drug-likeness (QED) is 0.659. The van der Waals surface area contributed by atoms with Crippen molar-refractivity contribution in [3.05, 3.63) is 41.7 Å². The second-order valence-electron chi connectivity index (χ2n) is 4.00. The molecule has 0 aliphatic heterocycles. The van der Waals surface area contributed by atoms with E-state index in [2.05, 4.69) is 30.6 Å². The molecule has 2 heterocycles. The zero-order valence-electron chi connectivity index (χ0n) is 10.5. The Hall–Kier alpha value is -2.94. The monoisotopic (exact) mass is 304 g/mol. The fourth-order valence-corrected chi connectivity index (χ4v) is 1.87. The maximum absolute atomic E-state index is 12.1. The SMILES string of the molecule is Nc1n[nH]c(C(=O)Nc2cc(Cl)ccc2-n2cncn2)n1. The maximum Gasteiger partial charge on any atom is 0.293 e. The standard InChI is InChI=1S/C11H9ClN8O/c12-6-1-2-8(20-5-14-4-15-20)7(3-6)16-10(21)9-17-11(13)19-18-9/h1-5H,(H,16,21)(H3,13,17,18,19). The molecule has 21 heavy (non-hydrogen) atoms. The van der Waals surface area contributed by atoms with Crippen LogP contribution in [-0.4, -0.2) is 35.9 Å². The Kier molecular flexibility index (Phi) is 3.24. The van der Waals surface area contributed by atoms with Gasteiger partial charge in [-0.2, -0.15) is 10.1 Å². The lowest BCUT2D eigenvalue weighted by molar-refractivity contribution is 0.101. The minimum absolute atomic E-state index is 0.00276. The Bertz CT molecular complexity index is 781. The summed E-state index contributed by atoms with van der Waals surface area (Å²) in [6, 6.07) is 4.98. The molecule has 3 rings (SSSR count). The summed E-state index contributed by atoms with van der Waals surface area (Å²) in [7, 11) is 0. The van der Waals surface area contributed by atoms with Crippen molar-refractivity contribution in [1.29, 1.82) is 0 Å². The summed E-state index contributed by atoms with van der Waals surface area (Å²) in [6.45, 7) is 0. The van der Waals surface area contributed by atoms with Crippen LogP contribution in [0.5, 0.6) is 0 Å². The van der Waals surface area contributed by atoms with Gasteiger partial charge in [-0.3, -0.25) is 9.89 Å². The number of nitrogens with one attached hydrogen (secondary N) is 2. The van der Waals surface area contributed by atoms with Crippen LogP contribution in [0.4, 0.5) is 11.6 Å². The van der Waals surface area contributed by atoms with E-state index in [4.69, 9.17) is 17.3 Å². The van der Waals surface area contributed by atoms with Crippen LogP contribution in [0, 0.1) is 0 Å². The van der Waals surface area contributed by atoms with Crippen molar-refractivity contribution < 1.29 is 4.79 Å². The van der Waals surface area contributed by atoms with E-state index in [9.17, 15) is 4.79 Å². The number of nitrogen functional groups attached to an aromatic ring is 1. The predicted octanol–water partition coefficient (Wildman–Crippen LogP) is 0.873. The lowest BCUT2D eigenvalue weighted by atomic mass is 10.2. The number of nitrogens with two attached hydrogens (primary N) is 1. The van der Waals surface area contributed by atoms with E-state index >= 15 is 0 Å². The Morgan fingerprint density at radius 2 is 2.29 bits per heavy atom. The van der Waals surface area contributed by atoms with Crippen molar-refractivity contribution in [2.45, 2.75) is 0 Å². The molecular formula is C11H9ClN8O. The van der Waals surface area contributed by atoms with Gasteiger partial charge in [0.25, 0.3) is 5.91 Å².